The van der Waals surface area contributed by atoms with Crippen molar-refractivity contribution < 1.29 is 32.3 Å². The van der Waals surface area contributed by atoms with Gasteiger partial charge in [0.1, 0.15) is 32.7 Å². The van der Waals surface area contributed by atoms with Gasteiger partial charge in [-0.1, -0.05) is 67.6 Å². The second-order valence-corrected chi connectivity index (χ2v) is 17.8. The van der Waals surface area contributed by atoms with Gasteiger partial charge in [-0.3, -0.25) is 9.59 Å². The van der Waals surface area contributed by atoms with Gasteiger partial charge in [0.05, 0.1) is 96.3 Å². The van der Waals surface area contributed by atoms with Gasteiger partial charge < -0.3 is 28.0 Å². The van der Waals surface area contributed by atoms with Gasteiger partial charge in [0.25, 0.3) is 5.91 Å². The summed E-state index contributed by atoms with van der Waals surface area (Å²) < 4.78 is 9.59. The van der Waals surface area contributed by atoms with Crippen molar-refractivity contribution in [1.29, 1.82) is 0 Å². The van der Waals surface area contributed by atoms with Crippen LogP contribution in [-0.4, -0.2) is 139 Å². The largest absolute Gasteiger partial charge is 0.370 e. The zero-order valence-electron chi connectivity index (χ0n) is 34.3. The SMILES string of the molecule is CCc1ccc(C[N+](C)(C)CCOCC[N+](C)(C)Cc2ccc(C[N+](C)(C)CCNC(=O)c3ccc(C(=O)CCCC[N+](C)(C)C)cc3)cc2)cc1. The van der Waals surface area contributed by atoms with E-state index < -0.39 is 0 Å². The fourth-order valence-corrected chi connectivity index (χ4v) is 6.47. The molecule has 3 rings (SSSR count). The van der Waals surface area contributed by atoms with E-state index in [1.165, 1.54) is 22.3 Å². The van der Waals surface area contributed by atoms with Gasteiger partial charge >= 0.3 is 0 Å². The van der Waals surface area contributed by atoms with Crippen LogP contribution in [0.2, 0.25) is 0 Å². The lowest BCUT2D eigenvalue weighted by atomic mass is 10.0. The first-order valence-corrected chi connectivity index (χ1v) is 19.3. The molecule has 0 radical (unpaired) electrons. The van der Waals surface area contributed by atoms with Crippen LogP contribution in [0.25, 0.3) is 0 Å². The number of carbonyl (C=O) groups excluding carboxylic acids is 2. The number of ether oxygens (including phenoxy) is 1. The number of unbranched alkanes of at least 4 members (excludes halogenated alkanes) is 1. The summed E-state index contributed by atoms with van der Waals surface area (Å²) in [5.41, 5.74) is 6.64. The molecule has 0 aliphatic carbocycles. The molecule has 0 atom stereocenters. The van der Waals surface area contributed by atoms with Crippen molar-refractivity contribution >= 4 is 11.7 Å². The molecule has 1 N–H and O–H groups in total. The predicted octanol–water partition coefficient (Wildman–Crippen LogP) is 6.18. The van der Waals surface area contributed by atoms with Gasteiger partial charge in [0, 0.05) is 34.2 Å². The molecule has 0 fully saturated rings. The van der Waals surface area contributed by atoms with Crippen molar-refractivity contribution in [3.8, 4) is 0 Å². The lowest BCUT2D eigenvalue weighted by Crippen LogP contribution is -2.44. The van der Waals surface area contributed by atoms with Crippen LogP contribution in [0.15, 0.2) is 72.8 Å². The molecule has 0 unspecified atom stereocenters. The normalized spacial score (nSPS) is 12.6. The number of likely N-dealkylation sites (N-methyl/N-ethyl adjacent to an activating group) is 3. The van der Waals surface area contributed by atoms with E-state index in [4.69, 9.17) is 4.74 Å². The molecule has 3 aromatic rings. The monoisotopic (exact) mass is 718 g/mol. The number of nitrogens with zero attached hydrogens (tertiary/aromatic N) is 4. The third-order valence-corrected chi connectivity index (χ3v) is 9.92. The van der Waals surface area contributed by atoms with Crippen molar-refractivity contribution in [2.45, 2.75) is 52.2 Å². The molecule has 3 aromatic carbocycles. The van der Waals surface area contributed by atoms with E-state index in [-0.39, 0.29) is 11.7 Å². The molecule has 286 valence electrons. The summed E-state index contributed by atoms with van der Waals surface area (Å²) in [5.74, 6) is 0.0389. The summed E-state index contributed by atoms with van der Waals surface area (Å²) in [4.78, 5) is 25.4. The van der Waals surface area contributed by atoms with Crippen molar-refractivity contribution in [3.05, 3.63) is 106 Å². The number of hydrogen-bond donors (Lipinski definition) is 1. The molecule has 8 heteroatoms. The molecule has 0 spiro atoms. The minimum absolute atomic E-state index is 0.103. The van der Waals surface area contributed by atoms with Gasteiger partial charge in [0.2, 0.25) is 0 Å². The number of benzene rings is 3. The Morgan fingerprint density at radius 2 is 0.962 bits per heavy atom. The summed E-state index contributed by atoms with van der Waals surface area (Å²) in [7, 11) is 20.0. The third-order valence-electron chi connectivity index (χ3n) is 9.92. The summed E-state index contributed by atoms with van der Waals surface area (Å²) >= 11 is 0. The van der Waals surface area contributed by atoms with Crippen molar-refractivity contribution in [1.82, 2.24) is 5.32 Å². The zero-order chi connectivity index (χ0) is 38.4. The number of amides is 1. The quantitative estimate of drug-likeness (QED) is 0.0725. The molecule has 52 heavy (non-hydrogen) atoms. The van der Waals surface area contributed by atoms with E-state index in [2.05, 4.69) is 124 Å². The molecule has 0 aliphatic heterocycles. The maximum Gasteiger partial charge on any atom is 0.251 e. The summed E-state index contributed by atoms with van der Waals surface area (Å²) in [6.45, 7) is 10.9. The molecule has 0 aromatic heterocycles. The minimum atomic E-state index is -0.103. The molecule has 0 aliphatic rings. The molecule has 0 saturated carbocycles. The first-order chi connectivity index (χ1) is 24.4. The van der Waals surface area contributed by atoms with Crippen molar-refractivity contribution in [3.63, 3.8) is 0 Å². The Hall–Kier alpha value is -3.40. The van der Waals surface area contributed by atoms with Crippen LogP contribution >= 0.6 is 0 Å². The number of aryl methyl sites for hydroxylation is 1. The highest BCUT2D eigenvalue weighted by Gasteiger charge is 2.20. The Morgan fingerprint density at radius 3 is 1.40 bits per heavy atom. The number of carbonyl (C=O) groups is 2. The van der Waals surface area contributed by atoms with Crippen LogP contribution in [0, 0.1) is 0 Å². The van der Waals surface area contributed by atoms with E-state index in [1.54, 1.807) is 24.3 Å². The summed E-state index contributed by atoms with van der Waals surface area (Å²) in [6.07, 6.45) is 3.54. The number of Topliss-reactive ketones (excluding diaryl/α,β-unsaturated/α-hetero) is 1. The van der Waals surface area contributed by atoms with E-state index in [1.807, 2.05) is 0 Å². The van der Waals surface area contributed by atoms with Crippen LogP contribution in [0.1, 0.15) is 69.2 Å². The van der Waals surface area contributed by atoms with Crippen LogP contribution in [-0.2, 0) is 30.8 Å². The fraction of sp³-hybridized carbons (Fsp3) is 0.545. The number of rotatable bonds is 23. The lowest BCUT2D eigenvalue weighted by Gasteiger charge is -2.32. The van der Waals surface area contributed by atoms with Crippen LogP contribution in [0.4, 0.5) is 0 Å². The number of quaternary nitrogens is 4. The van der Waals surface area contributed by atoms with Gasteiger partial charge in [-0.25, -0.2) is 0 Å². The molecular weight excluding hydrogens is 647 g/mol. The number of hydrogen-bond acceptors (Lipinski definition) is 3. The first kappa shape index (κ1) is 43.0. The van der Waals surface area contributed by atoms with Crippen LogP contribution in [0.3, 0.4) is 0 Å². The average molecular weight is 718 g/mol. The van der Waals surface area contributed by atoms with Crippen molar-refractivity contribution in [2.75, 3.05) is 109 Å². The summed E-state index contributed by atoms with van der Waals surface area (Å²) in [5, 5.41) is 3.07. The Bertz CT molecular complexity index is 1520. The van der Waals surface area contributed by atoms with E-state index in [9.17, 15) is 9.59 Å². The standard InChI is InChI=1S/C44H70N5O3/c1-11-37-15-17-38(18-16-37)35-48(7,8)30-32-52-33-31-49(9,10)36-40-21-19-39(20-22-40)34-47(5,6)29-27-45-44(51)42-25-23-41(24-26-42)43(50)14-12-13-28-46(2,3)4/h15-26H,11-14,27-36H2,1-10H3/q+3/p+1. The van der Waals surface area contributed by atoms with E-state index in [0.717, 1.165) is 96.2 Å². The van der Waals surface area contributed by atoms with E-state index in [0.29, 0.717) is 24.1 Å². The second kappa shape index (κ2) is 19.6. The smallest absolute Gasteiger partial charge is 0.251 e. The number of ketones is 1. The van der Waals surface area contributed by atoms with Crippen molar-refractivity contribution in [2.24, 2.45) is 0 Å². The molecule has 1 amide bonds. The molecule has 8 nitrogen and oxygen atoms in total. The zero-order valence-corrected chi connectivity index (χ0v) is 34.3. The minimum Gasteiger partial charge on any atom is -0.370 e. The Balaban J connectivity index is 1.34. The van der Waals surface area contributed by atoms with Crippen LogP contribution in [0.5, 0.6) is 0 Å². The summed E-state index contributed by atoms with van der Waals surface area (Å²) in [6, 6.07) is 25.1. The van der Waals surface area contributed by atoms with Crippen LogP contribution < -0.4 is 5.32 Å². The van der Waals surface area contributed by atoms with Gasteiger partial charge in [-0.05, 0) is 37.0 Å². The highest BCUT2D eigenvalue weighted by Crippen LogP contribution is 2.16. The van der Waals surface area contributed by atoms with E-state index >= 15 is 0 Å². The average Bonchev–Trinajstić information content (AvgIpc) is 3.06. The maximum absolute atomic E-state index is 12.8. The topological polar surface area (TPSA) is 55.4 Å². The third kappa shape index (κ3) is 16.5. The lowest BCUT2D eigenvalue weighted by molar-refractivity contribution is -0.907. The van der Waals surface area contributed by atoms with Gasteiger partial charge in [0.15, 0.2) is 5.78 Å². The molecular formula is C44H71N5O3+4. The molecule has 0 heterocycles. The Kier molecular flexibility index (Phi) is 16.2. The highest BCUT2D eigenvalue weighted by atomic mass is 16.5. The maximum atomic E-state index is 12.8. The molecule has 0 bridgehead atoms. The Labute approximate surface area is 316 Å². The van der Waals surface area contributed by atoms with Gasteiger partial charge in [-0.15, -0.1) is 0 Å². The second-order valence-electron chi connectivity index (χ2n) is 17.8. The fourth-order valence-electron chi connectivity index (χ4n) is 6.47. The van der Waals surface area contributed by atoms with Gasteiger partial charge in [-0.2, -0.15) is 0 Å². The highest BCUT2D eigenvalue weighted by molar-refractivity contribution is 5.98. The number of nitrogens with one attached hydrogen (secondary N) is 1. The predicted molar refractivity (Wildman–Crippen MR) is 215 cm³/mol. The molecule has 0 saturated heterocycles. The Morgan fingerprint density at radius 1 is 0.538 bits per heavy atom. The first-order valence-electron chi connectivity index (χ1n) is 19.3.